The van der Waals surface area contributed by atoms with Crippen molar-refractivity contribution in [3.8, 4) is 0 Å². The van der Waals surface area contributed by atoms with Gasteiger partial charge in [0.1, 0.15) is 6.04 Å². The summed E-state index contributed by atoms with van der Waals surface area (Å²) in [6.45, 7) is 0. The number of amides is 1. The van der Waals surface area contributed by atoms with Crippen LogP contribution in [0.5, 0.6) is 0 Å². The molecule has 0 bridgehead atoms. The van der Waals surface area contributed by atoms with Crippen molar-refractivity contribution in [1.29, 1.82) is 0 Å². The van der Waals surface area contributed by atoms with Crippen molar-refractivity contribution in [2.45, 2.75) is 57.0 Å². The summed E-state index contributed by atoms with van der Waals surface area (Å²) in [5, 5.41) is 9.41. The SMILES string of the molecule is O=C(O)C1CC2CCCCC2N1C(=O)C1CC=CC1. The van der Waals surface area contributed by atoms with Crippen molar-refractivity contribution >= 4 is 11.9 Å². The van der Waals surface area contributed by atoms with Crippen LogP contribution in [-0.4, -0.2) is 34.0 Å². The molecule has 2 fully saturated rings. The molecule has 4 nitrogen and oxygen atoms in total. The first-order valence-electron chi connectivity index (χ1n) is 7.38. The van der Waals surface area contributed by atoms with Gasteiger partial charge in [0, 0.05) is 12.0 Å². The second-order valence-electron chi connectivity index (χ2n) is 6.09. The summed E-state index contributed by atoms with van der Waals surface area (Å²) in [5.74, 6) is -0.351. The molecule has 104 valence electrons. The normalized spacial score (nSPS) is 34.5. The average molecular weight is 263 g/mol. The van der Waals surface area contributed by atoms with Gasteiger partial charge in [-0.15, -0.1) is 0 Å². The Morgan fingerprint density at radius 3 is 2.47 bits per heavy atom. The zero-order chi connectivity index (χ0) is 13.4. The van der Waals surface area contributed by atoms with Crippen LogP contribution >= 0.6 is 0 Å². The lowest BCUT2D eigenvalue weighted by molar-refractivity contribution is -0.151. The first-order valence-corrected chi connectivity index (χ1v) is 7.38. The van der Waals surface area contributed by atoms with Crippen LogP contribution < -0.4 is 0 Å². The topological polar surface area (TPSA) is 57.6 Å². The van der Waals surface area contributed by atoms with Crippen LogP contribution in [0, 0.1) is 11.8 Å². The maximum Gasteiger partial charge on any atom is 0.326 e. The zero-order valence-electron chi connectivity index (χ0n) is 11.1. The van der Waals surface area contributed by atoms with Gasteiger partial charge in [-0.3, -0.25) is 4.79 Å². The van der Waals surface area contributed by atoms with Crippen LogP contribution in [0.1, 0.15) is 44.9 Å². The monoisotopic (exact) mass is 263 g/mol. The minimum atomic E-state index is -0.825. The van der Waals surface area contributed by atoms with Gasteiger partial charge in [0.25, 0.3) is 0 Å². The fourth-order valence-electron chi connectivity index (χ4n) is 4.03. The first kappa shape index (κ1) is 12.7. The molecule has 1 heterocycles. The highest BCUT2D eigenvalue weighted by Crippen LogP contribution is 2.41. The highest BCUT2D eigenvalue weighted by Gasteiger charge is 2.48. The molecule has 3 atom stereocenters. The molecule has 2 aliphatic carbocycles. The molecule has 0 radical (unpaired) electrons. The van der Waals surface area contributed by atoms with E-state index >= 15 is 0 Å². The Morgan fingerprint density at radius 2 is 1.79 bits per heavy atom. The van der Waals surface area contributed by atoms with Gasteiger partial charge in [-0.2, -0.15) is 0 Å². The van der Waals surface area contributed by atoms with Gasteiger partial charge in [0.15, 0.2) is 0 Å². The number of hydrogen-bond acceptors (Lipinski definition) is 2. The summed E-state index contributed by atoms with van der Waals surface area (Å²) in [7, 11) is 0. The molecule has 1 aliphatic heterocycles. The number of fused-ring (bicyclic) bond motifs is 1. The van der Waals surface area contributed by atoms with Crippen molar-refractivity contribution < 1.29 is 14.7 Å². The fraction of sp³-hybridized carbons (Fsp3) is 0.733. The van der Waals surface area contributed by atoms with E-state index in [9.17, 15) is 14.7 Å². The minimum absolute atomic E-state index is 0.0115. The zero-order valence-corrected chi connectivity index (χ0v) is 11.1. The highest BCUT2D eigenvalue weighted by molar-refractivity contribution is 5.86. The predicted molar refractivity (Wildman–Crippen MR) is 70.5 cm³/mol. The Morgan fingerprint density at radius 1 is 1.11 bits per heavy atom. The van der Waals surface area contributed by atoms with E-state index in [4.69, 9.17) is 0 Å². The van der Waals surface area contributed by atoms with Gasteiger partial charge >= 0.3 is 5.97 Å². The lowest BCUT2D eigenvalue weighted by Gasteiger charge is -2.34. The lowest BCUT2D eigenvalue weighted by atomic mass is 9.84. The molecule has 1 amide bonds. The van der Waals surface area contributed by atoms with E-state index in [1.165, 1.54) is 6.42 Å². The molecule has 3 unspecified atom stereocenters. The number of carbonyl (C=O) groups excluding carboxylic acids is 1. The Kier molecular flexibility index (Phi) is 3.33. The molecule has 1 saturated carbocycles. The van der Waals surface area contributed by atoms with Gasteiger partial charge in [0.05, 0.1) is 0 Å². The third kappa shape index (κ3) is 2.17. The Labute approximate surface area is 113 Å². The second-order valence-corrected chi connectivity index (χ2v) is 6.09. The summed E-state index contributed by atoms with van der Waals surface area (Å²) in [4.78, 5) is 25.8. The van der Waals surface area contributed by atoms with Gasteiger partial charge in [-0.25, -0.2) is 4.79 Å². The quantitative estimate of drug-likeness (QED) is 0.777. The van der Waals surface area contributed by atoms with Gasteiger partial charge in [-0.1, -0.05) is 25.0 Å². The maximum atomic E-state index is 12.6. The van der Waals surface area contributed by atoms with Gasteiger partial charge in [0.2, 0.25) is 5.91 Å². The predicted octanol–water partition coefficient (Wildman–Crippen LogP) is 2.20. The molecule has 19 heavy (non-hydrogen) atoms. The van der Waals surface area contributed by atoms with Gasteiger partial charge < -0.3 is 10.0 Å². The summed E-state index contributed by atoms with van der Waals surface area (Å²) in [6, 6.07) is -0.399. The third-order valence-electron chi connectivity index (χ3n) is 4.98. The van der Waals surface area contributed by atoms with Crippen LogP contribution in [0.15, 0.2) is 12.2 Å². The molecule has 0 spiro atoms. The molecule has 1 N–H and O–H groups in total. The maximum absolute atomic E-state index is 12.6. The smallest absolute Gasteiger partial charge is 0.326 e. The summed E-state index contributed by atoms with van der Waals surface area (Å²) in [6.07, 6.45) is 10.7. The van der Waals surface area contributed by atoms with Crippen molar-refractivity contribution in [1.82, 2.24) is 4.90 Å². The number of carboxylic acid groups (broad SMARTS) is 1. The molecule has 0 aromatic carbocycles. The molecular formula is C15H21NO3. The van der Waals surface area contributed by atoms with E-state index in [1.807, 2.05) is 12.2 Å². The first-order chi connectivity index (χ1) is 9.18. The molecule has 0 aromatic heterocycles. The van der Waals surface area contributed by atoms with E-state index in [0.717, 1.165) is 32.1 Å². The molecule has 4 heteroatoms. The van der Waals surface area contributed by atoms with Crippen LogP contribution in [0.3, 0.4) is 0 Å². The van der Waals surface area contributed by atoms with E-state index < -0.39 is 12.0 Å². The van der Waals surface area contributed by atoms with Crippen LogP contribution in [0.4, 0.5) is 0 Å². The number of likely N-dealkylation sites (tertiary alicyclic amines) is 1. The number of aliphatic carboxylic acids is 1. The van der Waals surface area contributed by atoms with Gasteiger partial charge in [-0.05, 0) is 38.0 Å². The average Bonchev–Trinajstić information content (AvgIpc) is 3.05. The molecule has 0 aromatic rings. The van der Waals surface area contributed by atoms with Crippen LogP contribution in [0.25, 0.3) is 0 Å². The Hall–Kier alpha value is -1.32. The molecule has 1 saturated heterocycles. The molecule has 3 rings (SSSR count). The number of allylic oxidation sites excluding steroid dienone is 2. The molecular weight excluding hydrogens is 242 g/mol. The summed E-state index contributed by atoms with van der Waals surface area (Å²) < 4.78 is 0. The van der Waals surface area contributed by atoms with Crippen molar-refractivity contribution in [3.05, 3.63) is 12.2 Å². The standard InChI is InChI=1S/C15H21NO3/c17-14(10-5-1-2-6-10)16-12-8-4-3-7-11(12)9-13(16)15(18)19/h1-2,10-13H,3-9H2,(H,18,19). The van der Waals surface area contributed by atoms with Crippen molar-refractivity contribution in [2.75, 3.05) is 0 Å². The highest BCUT2D eigenvalue weighted by atomic mass is 16.4. The number of carboxylic acids is 1. The number of nitrogens with zero attached hydrogens (tertiary/aromatic N) is 1. The summed E-state index contributed by atoms with van der Waals surface area (Å²) in [5.41, 5.74) is 0. The largest absolute Gasteiger partial charge is 0.480 e. The molecule has 3 aliphatic rings. The van der Waals surface area contributed by atoms with E-state index in [1.54, 1.807) is 4.90 Å². The van der Waals surface area contributed by atoms with Crippen LogP contribution in [0.2, 0.25) is 0 Å². The number of rotatable bonds is 2. The number of carbonyl (C=O) groups is 2. The minimum Gasteiger partial charge on any atom is -0.480 e. The van der Waals surface area contributed by atoms with E-state index in [2.05, 4.69) is 0 Å². The lowest BCUT2D eigenvalue weighted by Crippen LogP contribution is -2.48. The van der Waals surface area contributed by atoms with Crippen LogP contribution in [-0.2, 0) is 9.59 Å². The van der Waals surface area contributed by atoms with E-state index in [-0.39, 0.29) is 17.9 Å². The van der Waals surface area contributed by atoms with E-state index in [0.29, 0.717) is 12.3 Å². The van der Waals surface area contributed by atoms with Crippen molar-refractivity contribution in [3.63, 3.8) is 0 Å². The second kappa shape index (κ2) is 4.99. The third-order valence-corrected chi connectivity index (χ3v) is 4.98. The fourth-order valence-corrected chi connectivity index (χ4v) is 4.03. The van der Waals surface area contributed by atoms with Crippen molar-refractivity contribution in [2.24, 2.45) is 11.8 Å². The summed E-state index contributed by atoms with van der Waals surface area (Å²) >= 11 is 0. The Bertz CT molecular complexity index is 410. The number of hydrogen-bond donors (Lipinski definition) is 1. The Balaban J connectivity index is 1.81.